The highest BCUT2D eigenvalue weighted by Gasteiger charge is 2.35. The van der Waals surface area contributed by atoms with Crippen molar-refractivity contribution in [3.8, 4) is 11.4 Å². The van der Waals surface area contributed by atoms with Crippen molar-refractivity contribution in [1.82, 2.24) is 10.1 Å². The molecule has 1 unspecified atom stereocenters. The first-order valence-electron chi connectivity index (χ1n) is 8.07. The van der Waals surface area contributed by atoms with Gasteiger partial charge in [-0.1, -0.05) is 50.9 Å². The van der Waals surface area contributed by atoms with Crippen molar-refractivity contribution >= 4 is 27.5 Å². The number of aryl methyl sites for hydroxylation is 1. The van der Waals surface area contributed by atoms with E-state index in [1.54, 1.807) is 4.90 Å². The highest BCUT2D eigenvalue weighted by Crippen LogP contribution is 2.32. The van der Waals surface area contributed by atoms with Gasteiger partial charge in [-0.2, -0.15) is 4.98 Å². The number of hydrogen-bond donors (Lipinski definition) is 0. The Morgan fingerprint density at radius 1 is 1.20 bits per heavy atom. The topological polar surface area (TPSA) is 59.2 Å². The molecule has 1 atom stereocenters. The SMILES string of the molecule is Cc1ccc(N2CC(c3nc(-c4cccc(Br)c4)no3)CC2=O)cc1. The third kappa shape index (κ3) is 3.22. The van der Waals surface area contributed by atoms with Crippen molar-refractivity contribution in [2.24, 2.45) is 0 Å². The lowest BCUT2D eigenvalue weighted by atomic mass is 10.1. The molecule has 1 aromatic heterocycles. The number of aromatic nitrogens is 2. The third-order valence-electron chi connectivity index (χ3n) is 4.34. The molecule has 1 saturated heterocycles. The van der Waals surface area contributed by atoms with Crippen molar-refractivity contribution in [2.45, 2.75) is 19.3 Å². The van der Waals surface area contributed by atoms with E-state index in [4.69, 9.17) is 4.52 Å². The molecule has 0 spiro atoms. The molecule has 1 fully saturated rings. The van der Waals surface area contributed by atoms with E-state index in [-0.39, 0.29) is 11.8 Å². The second-order valence-corrected chi connectivity index (χ2v) is 7.12. The van der Waals surface area contributed by atoms with Crippen molar-refractivity contribution in [1.29, 1.82) is 0 Å². The fourth-order valence-electron chi connectivity index (χ4n) is 2.99. The minimum atomic E-state index is -0.0813. The van der Waals surface area contributed by atoms with Gasteiger partial charge >= 0.3 is 0 Å². The summed E-state index contributed by atoms with van der Waals surface area (Å²) in [5, 5.41) is 4.07. The van der Waals surface area contributed by atoms with Crippen molar-refractivity contribution in [3.63, 3.8) is 0 Å². The Bertz CT molecular complexity index is 920. The van der Waals surface area contributed by atoms with Gasteiger partial charge in [-0.3, -0.25) is 4.79 Å². The molecule has 2 heterocycles. The summed E-state index contributed by atoms with van der Waals surface area (Å²) in [5.41, 5.74) is 2.96. The molecule has 1 amide bonds. The summed E-state index contributed by atoms with van der Waals surface area (Å²) < 4.78 is 6.40. The van der Waals surface area contributed by atoms with Crippen LogP contribution in [0, 0.1) is 6.92 Å². The van der Waals surface area contributed by atoms with E-state index in [2.05, 4.69) is 26.1 Å². The second kappa shape index (κ2) is 6.44. The molecule has 0 saturated carbocycles. The Balaban J connectivity index is 1.55. The first kappa shape index (κ1) is 16.0. The summed E-state index contributed by atoms with van der Waals surface area (Å²) in [6, 6.07) is 15.7. The van der Waals surface area contributed by atoms with Crippen molar-refractivity contribution in [3.05, 3.63) is 64.5 Å². The van der Waals surface area contributed by atoms with Crippen LogP contribution in [0.25, 0.3) is 11.4 Å². The number of hydrogen-bond acceptors (Lipinski definition) is 4. The predicted molar refractivity (Wildman–Crippen MR) is 98.3 cm³/mol. The van der Waals surface area contributed by atoms with Crippen LogP contribution in [-0.4, -0.2) is 22.6 Å². The minimum Gasteiger partial charge on any atom is -0.339 e. The fraction of sp³-hybridized carbons (Fsp3) is 0.211. The lowest BCUT2D eigenvalue weighted by molar-refractivity contribution is -0.117. The molecule has 2 aromatic carbocycles. The molecule has 5 nitrogen and oxygen atoms in total. The largest absolute Gasteiger partial charge is 0.339 e. The lowest BCUT2D eigenvalue weighted by Gasteiger charge is -2.16. The van der Waals surface area contributed by atoms with Crippen LogP contribution in [-0.2, 0) is 4.79 Å². The molecule has 0 bridgehead atoms. The van der Waals surface area contributed by atoms with Crippen molar-refractivity contribution < 1.29 is 9.32 Å². The van der Waals surface area contributed by atoms with Gasteiger partial charge in [0, 0.05) is 28.7 Å². The highest BCUT2D eigenvalue weighted by atomic mass is 79.9. The third-order valence-corrected chi connectivity index (χ3v) is 4.84. The molecule has 126 valence electrons. The van der Waals surface area contributed by atoms with Gasteiger partial charge in [0.2, 0.25) is 17.6 Å². The average Bonchev–Trinajstić information content (AvgIpc) is 3.23. The lowest BCUT2D eigenvalue weighted by Crippen LogP contribution is -2.24. The summed E-state index contributed by atoms with van der Waals surface area (Å²) in [6.07, 6.45) is 0.383. The first-order chi connectivity index (χ1) is 12.1. The van der Waals surface area contributed by atoms with Gasteiger partial charge in [0.25, 0.3) is 0 Å². The smallest absolute Gasteiger partial charge is 0.232 e. The van der Waals surface area contributed by atoms with E-state index in [1.165, 1.54) is 5.56 Å². The zero-order valence-electron chi connectivity index (χ0n) is 13.6. The number of halogens is 1. The molecule has 25 heavy (non-hydrogen) atoms. The van der Waals surface area contributed by atoms with E-state index in [1.807, 2.05) is 55.5 Å². The maximum absolute atomic E-state index is 12.4. The number of nitrogens with zero attached hydrogens (tertiary/aromatic N) is 3. The van der Waals surface area contributed by atoms with Gasteiger partial charge in [0.15, 0.2) is 0 Å². The Kier molecular flexibility index (Phi) is 4.13. The van der Waals surface area contributed by atoms with E-state index < -0.39 is 0 Å². The zero-order valence-corrected chi connectivity index (χ0v) is 15.2. The molecule has 0 aliphatic carbocycles. The molecule has 4 rings (SSSR count). The summed E-state index contributed by atoms with van der Waals surface area (Å²) >= 11 is 3.44. The van der Waals surface area contributed by atoms with Gasteiger partial charge in [-0.15, -0.1) is 0 Å². The summed E-state index contributed by atoms with van der Waals surface area (Å²) in [5.74, 6) is 1.05. The number of amides is 1. The quantitative estimate of drug-likeness (QED) is 0.659. The second-order valence-electron chi connectivity index (χ2n) is 6.21. The molecule has 3 aromatic rings. The normalized spacial score (nSPS) is 17.3. The fourth-order valence-corrected chi connectivity index (χ4v) is 3.39. The molecule has 0 N–H and O–H groups in total. The maximum Gasteiger partial charge on any atom is 0.232 e. The molecular formula is C19H16BrN3O2. The number of anilines is 1. The van der Waals surface area contributed by atoms with Gasteiger partial charge in [-0.05, 0) is 31.2 Å². The van der Waals surface area contributed by atoms with Gasteiger partial charge in [-0.25, -0.2) is 0 Å². The van der Waals surface area contributed by atoms with Crippen LogP contribution in [0.5, 0.6) is 0 Å². The first-order valence-corrected chi connectivity index (χ1v) is 8.86. The van der Waals surface area contributed by atoms with Gasteiger partial charge in [0.05, 0.1) is 5.92 Å². The number of benzene rings is 2. The Hall–Kier alpha value is -2.47. The number of carbonyl (C=O) groups excluding carboxylic acids is 1. The number of rotatable bonds is 3. The summed E-state index contributed by atoms with van der Waals surface area (Å²) in [7, 11) is 0. The van der Waals surface area contributed by atoms with E-state index in [0.29, 0.717) is 24.7 Å². The molecule has 6 heteroatoms. The molecule has 0 radical (unpaired) electrons. The highest BCUT2D eigenvalue weighted by molar-refractivity contribution is 9.10. The summed E-state index contributed by atoms with van der Waals surface area (Å²) in [4.78, 5) is 18.7. The van der Waals surface area contributed by atoms with Gasteiger partial charge < -0.3 is 9.42 Å². The van der Waals surface area contributed by atoms with Crippen molar-refractivity contribution in [2.75, 3.05) is 11.4 Å². The number of carbonyl (C=O) groups is 1. The Labute approximate surface area is 153 Å². The molecule has 1 aliphatic rings. The van der Waals surface area contributed by atoms with Crippen LogP contribution >= 0.6 is 15.9 Å². The Morgan fingerprint density at radius 2 is 2.00 bits per heavy atom. The van der Waals surface area contributed by atoms with Crippen LogP contribution in [0.4, 0.5) is 5.69 Å². The van der Waals surface area contributed by atoms with Crippen LogP contribution in [0.2, 0.25) is 0 Å². The zero-order chi connectivity index (χ0) is 17.4. The minimum absolute atomic E-state index is 0.0797. The van der Waals surface area contributed by atoms with Gasteiger partial charge in [0.1, 0.15) is 0 Å². The van der Waals surface area contributed by atoms with E-state index in [0.717, 1.165) is 15.7 Å². The Morgan fingerprint density at radius 3 is 2.76 bits per heavy atom. The summed E-state index contributed by atoms with van der Waals surface area (Å²) in [6.45, 7) is 2.59. The average molecular weight is 398 g/mol. The van der Waals surface area contributed by atoms with Crippen LogP contribution in [0.3, 0.4) is 0 Å². The van der Waals surface area contributed by atoms with Crippen LogP contribution in [0.15, 0.2) is 57.5 Å². The van der Waals surface area contributed by atoms with E-state index >= 15 is 0 Å². The predicted octanol–water partition coefficient (Wildman–Crippen LogP) is 4.33. The standard InChI is InChI=1S/C19H16BrN3O2/c1-12-5-7-16(8-6-12)23-11-14(10-17(23)24)19-21-18(22-25-19)13-3-2-4-15(20)9-13/h2-9,14H,10-11H2,1H3. The maximum atomic E-state index is 12.4. The molecular weight excluding hydrogens is 382 g/mol. The van der Waals surface area contributed by atoms with Crippen LogP contribution in [0.1, 0.15) is 23.8 Å². The van der Waals surface area contributed by atoms with E-state index in [9.17, 15) is 4.79 Å². The van der Waals surface area contributed by atoms with Crippen LogP contribution < -0.4 is 4.90 Å². The monoisotopic (exact) mass is 397 g/mol. The molecule has 1 aliphatic heterocycles.